The van der Waals surface area contributed by atoms with E-state index in [-0.39, 0.29) is 0 Å². The van der Waals surface area contributed by atoms with Crippen molar-refractivity contribution in [3.8, 4) is 61.8 Å². The smallest absolute Gasteiger partial charge is 0.168 e. The van der Waals surface area contributed by atoms with Gasteiger partial charge in [-0.15, -0.1) is 10.2 Å². The van der Waals surface area contributed by atoms with Gasteiger partial charge in [-0.2, -0.15) is 0 Å². The molecule has 0 radical (unpaired) electrons. The first-order chi connectivity index (χ1) is 30.8. The fourth-order valence-electron chi connectivity index (χ4n) is 8.81. The van der Waals surface area contributed by atoms with E-state index in [1.807, 2.05) is 36.4 Å². The Balaban J connectivity index is 0.967. The predicted octanol–water partition coefficient (Wildman–Crippen LogP) is 15.4. The van der Waals surface area contributed by atoms with Crippen LogP contribution in [-0.4, -0.2) is 14.8 Å². The molecule has 0 unspecified atom stereocenters. The second kappa shape index (κ2) is 16.0. The summed E-state index contributed by atoms with van der Waals surface area (Å²) in [6, 6.07) is 86.2. The standard InChI is InChI=1S/C58H40N4/c1-3-19-45(20-4-1)57-59-60-58(62(57)47-23-5-2-6-24-47)46-35-33-43(34-36-46)49-25-11-13-29-53(49)54-30-14-12-26-50(54)44-37-39-48(40-38-44)61(55-31-15-21-41-17-7-9-27-51(41)55)56-32-16-22-42-18-8-10-28-52(42)56/h1-40H. The van der Waals surface area contributed by atoms with Gasteiger partial charge in [-0.3, -0.25) is 4.57 Å². The number of hydrogen-bond donors (Lipinski definition) is 0. The van der Waals surface area contributed by atoms with Crippen molar-refractivity contribution in [3.05, 3.63) is 243 Å². The second-order valence-electron chi connectivity index (χ2n) is 15.4. The molecule has 10 aromatic carbocycles. The van der Waals surface area contributed by atoms with E-state index in [1.54, 1.807) is 0 Å². The third-order valence-corrected chi connectivity index (χ3v) is 11.8. The van der Waals surface area contributed by atoms with Crippen LogP contribution in [-0.2, 0) is 0 Å². The van der Waals surface area contributed by atoms with E-state index in [4.69, 9.17) is 10.2 Å². The molecule has 11 rings (SSSR count). The van der Waals surface area contributed by atoms with Crippen LogP contribution in [0.15, 0.2) is 243 Å². The lowest BCUT2D eigenvalue weighted by atomic mass is 9.89. The first-order valence-electron chi connectivity index (χ1n) is 21.0. The summed E-state index contributed by atoms with van der Waals surface area (Å²) in [6.45, 7) is 0. The highest BCUT2D eigenvalue weighted by molar-refractivity contribution is 6.05. The van der Waals surface area contributed by atoms with Crippen molar-refractivity contribution >= 4 is 38.6 Å². The molecule has 0 aliphatic carbocycles. The Morgan fingerprint density at radius 2 is 0.677 bits per heavy atom. The SMILES string of the molecule is c1ccc(-c2nnc(-c3ccc(-c4ccccc4-c4ccccc4-c4ccc(N(c5cccc6ccccc56)c5cccc6ccccc56)cc4)cc3)n2-c2ccccc2)cc1. The summed E-state index contributed by atoms with van der Waals surface area (Å²) in [6.07, 6.45) is 0. The van der Waals surface area contributed by atoms with Crippen LogP contribution >= 0.6 is 0 Å². The van der Waals surface area contributed by atoms with Crippen LogP contribution in [0.3, 0.4) is 0 Å². The molecule has 1 aromatic heterocycles. The maximum atomic E-state index is 4.74. The minimum absolute atomic E-state index is 0.795. The lowest BCUT2D eigenvalue weighted by Crippen LogP contribution is -2.11. The molecule has 0 bridgehead atoms. The summed E-state index contributed by atoms with van der Waals surface area (Å²) in [5.41, 5.74) is 13.4. The van der Waals surface area contributed by atoms with Crippen LogP contribution < -0.4 is 4.90 Å². The first kappa shape index (κ1) is 36.7. The summed E-state index contributed by atoms with van der Waals surface area (Å²) in [5, 5.41) is 14.3. The number of hydrogen-bond acceptors (Lipinski definition) is 3. The maximum Gasteiger partial charge on any atom is 0.168 e. The number of fused-ring (bicyclic) bond motifs is 2. The lowest BCUT2D eigenvalue weighted by Gasteiger charge is -2.28. The molecule has 11 aromatic rings. The molecule has 0 spiro atoms. The number of anilines is 3. The molecule has 0 saturated carbocycles. The van der Waals surface area contributed by atoms with E-state index >= 15 is 0 Å². The molecule has 0 fully saturated rings. The Bertz CT molecular complexity index is 3250. The fourth-order valence-corrected chi connectivity index (χ4v) is 8.81. The molecular formula is C58H40N4. The summed E-state index contributed by atoms with van der Waals surface area (Å²) in [5.74, 6) is 1.60. The molecule has 0 aliphatic rings. The van der Waals surface area contributed by atoms with Gasteiger partial charge < -0.3 is 4.90 Å². The zero-order valence-electron chi connectivity index (χ0n) is 33.9. The van der Waals surface area contributed by atoms with Crippen LogP contribution in [0.4, 0.5) is 17.1 Å². The molecule has 62 heavy (non-hydrogen) atoms. The molecule has 0 amide bonds. The summed E-state index contributed by atoms with van der Waals surface area (Å²) in [7, 11) is 0. The molecule has 0 saturated heterocycles. The largest absolute Gasteiger partial charge is 0.309 e. The molecule has 1 heterocycles. The van der Waals surface area contributed by atoms with Gasteiger partial charge in [0.1, 0.15) is 0 Å². The Morgan fingerprint density at radius 1 is 0.290 bits per heavy atom. The van der Waals surface area contributed by atoms with E-state index in [0.717, 1.165) is 62.2 Å². The van der Waals surface area contributed by atoms with Crippen LogP contribution in [0.5, 0.6) is 0 Å². The quantitative estimate of drug-likeness (QED) is 0.146. The number of para-hydroxylation sites is 1. The minimum atomic E-state index is 0.795. The van der Waals surface area contributed by atoms with Crippen molar-refractivity contribution < 1.29 is 0 Å². The van der Waals surface area contributed by atoms with E-state index in [9.17, 15) is 0 Å². The highest BCUT2D eigenvalue weighted by atomic mass is 15.3. The predicted molar refractivity (Wildman–Crippen MR) is 258 cm³/mol. The highest BCUT2D eigenvalue weighted by Crippen LogP contribution is 2.44. The first-order valence-corrected chi connectivity index (χ1v) is 21.0. The monoisotopic (exact) mass is 792 g/mol. The Kier molecular flexibility index (Phi) is 9.49. The van der Waals surface area contributed by atoms with Gasteiger partial charge in [0.05, 0.1) is 11.4 Å². The van der Waals surface area contributed by atoms with Crippen molar-refractivity contribution in [3.63, 3.8) is 0 Å². The third kappa shape index (κ3) is 6.70. The Hall–Kier alpha value is -8.34. The van der Waals surface area contributed by atoms with Crippen molar-refractivity contribution in [1.82, 2.24) is 14.8 Å². The molecule has 0 atom stereocenters. The Morgan fingerprint density at radius 3 is 1.21 bits per heavy atom. The average Bonchev–Trinajstić information content (AvgIpc) is 3.81. The van der Waals surface area contributed by atoms with Gasteiger partial charge in [0, 0.05) is 33.3 Å². The number of aromatic nitrogens is 3. The van der Waals surface area contributed by atoms with Gasteiger partial charge in [0.2, 0.25) is 0 Å². The molecule has 4 nitrogen and oxygen atoms in total. The number of nitrogens with zero attached hydrogens (tertiary/aromatic N) is 4. The minimum Gasteiger partial charge on any atom is -0.309 e. The zero-order valence-corrected chi connectivity index (χ0v) is 33.9. The van der Waals surface area contributed by atoms with Crippen molar-refractivity contribution in [2.45, 2.75) is 0 Å². The number of benzene rings is 10. The average molecular weight is 793 g/mol. The third-order valence-electron chi connectivity index (χ3n) is 11.8. The number of rotatable bonds is 9. The molecule has 4 heteroatoms. The van der Waals surface area contributed by atoms with Crippen LogP contribution in [0.25, 0.3) is 83.4 Å². The summed E-state index contributed by atoms with van der Waals surface area (Å²) >= 11 is 0. The van der Waals surface area contributed by atoms with Gasteiger partial charge in [-0.25, -0.2) is 0 Å². The summed E-state index contributed by atoms with van der Waals surface area (Å²) < 4.78 is 2.14. The van der Waals surface area contributed by atoms with E-state index in [0.29, 0.717) is 0 Å². The van der Waals surface area contributed by atoms with E-state index < -0.39 is 0 Å². The fraction of sp³-hybridized carbons (Fsp3) is 0. The second-order valence-corrected chi connectivity index (χ2v) is 15.4. The van der Waals surface area contributed by atoms with Gasteiger partial charge in [0.15, 0.2) is 11.6 Å². The molecule has 292 valence electrons. The Labute approximate surface area is 361 Å². The van der Waals surface area contributed by atoms with E-state index in [1.165, 1.54) is 38.2 Å². The maximum absolute atomic E-state index is 4.74. The highest BCUT2D eigenvalue weighted by Gasteiger charge is 2.20. The van der Waals surface area contributed by atoms with Crippen LogP contribution in [0, 0.1) is 0 Å². The molecule has 0 N–H and O–H groups in total. The van der Waals surface area contributed by atoms with Crippen molar-refractivity contribution in [1.29, 1.82) is 0 Å². The molecular weight excluding hydrogens is 753 g/mol. The topological polar surface area (TPSA) is 34.0 Å². The van der Waals surface area contributed by atoms with Gasteiger partial charge >= 0.3 is 0 Å². The van der Waals surface area contributed by atoms with Gasteiger partial charge in [-0.1, -0.05) is 206 Å². The van der Waals surface area contributed by atoms with Crippen LogP contribution in [0.1, 0.15) is 0 Å². The lowest BCUT2D eigenvalue weighted by molar-refractivity contribution is 1.07. The normalized spacial score (nSPS) is 11.2. The summed E-state index contributed by atoms with van der Waals surface area (Å²) in [4.78, 5) is 2.41. The van der Waals surface area contributed by atoms with Crippen molar-refractivity contribution in [2.75, 3.05) is 4.90 Å². The van der Waals surface area contributed by atoms with Gasteiger partial charge in [-0.05, 0) is 80.6 Å². The zero-order chi connectivity index (χ0) is 41.2. The molecule has 0 aliphatic heterocycles. The van der Waals surface area contributed by atoms with E-state index in [2.05, 4.69) is 216 Å². The van der Waals surface area contributed by atoms with Crippen molar-refractivity contribution in [2.24, 2.45) is 0 Å². The van der Waals surface area contributed by atoms with Crippen LogP contribution in [0.2, 0.25) is 0 Å². The van der Waals surface area contributed by atoms with Gasteiger partial charge in [0.25, 0.3) is 0 Å².